The van der Waals surface area contributed by atoms with Gasteiger partial charge in [-0.2, -0.15) is 11.8 Å². The first-order valence-corrected chi connectivity index (χ1v) is 7.82. The summed E-state index contributed by atoms with van der Waals surface area (Å²) in [7, 11) is 0. The van der Waals surface area contributed by atoms with Gasteiger partial charge in [-0.3, -0.25) is 4.79 Å². The Kier molecular flexibility index (Phi) is 9.65. The predicted molar refractivity (Wildman–Crippen MR) is 77.3 cm³/mol. The number of rotatable bonds is 9. The van der Waals surface area contributed by atoms with Crippen LogP contribution in [0.1, 0.15) is 46.5 Å². The topological polar surface area (TPSA) is 55.1 Å². The van der Waals surface area contributed by atoms with E-state index in [2.05, 4.69) is 18.5 Å². The van der Waals surface area contributed by atoms with E-state index in [0.717, 1.165) is 32.2 Å². The third kappa shape index (κ3) is 9.48. The van der Waals surface area contributed by atoms with E-state index in [1.807, 2.05) is 25.6 Å². The molecule has 0 rings (SSSR count). The second kappa shape index (κ2) is 9.77. The van der Waals surface area contributed by atoms with Crippen molar-refractivity contribution in [2.24, 2.45) is 11.7 Å². The second-order valence-electron chi connectivity index (χ2n) is 4.94. The van der Waals surface area contributed by atoms with Gasteiger partial charge in [-0.25, -0.2) is 0 Å². The van der Waals surface area contributed by atoms with Crippen molar-refractivity contribution >= 4 is 17.7 Å². The Bertz CT molecular complexity index is 210. The molecule has 0 aliphatic rings. The van der Waals surface area contributed by atoms with Crippen molar-refractivity contribution in [1.82, 2.24) is 5.32 Å². The normalized spacial score (nSPS) is 16.3. The predicted octanol–water partition coefficient (Wildman–Crippen LogP) is 2.40. The van der Waals surface area contributed by atoms with Crippen LogP contribution in [-0.4, -0.2) is 30.0 Å². The molecule has 3 nitrogen and oxygen atoms in total. The van der Waals surface area contributed by atoms with Crippen molar-refractivity contribution in [3.05, 3.63) is 0 Å². The van der Waals surface area contributed by atoms with Crippen LogP contribution in [0.4, 0.5) is 0 Å². The molecule has 0 saturated heterocycles. The van der Waals surface area contributed by atoms with Crippen molar-refractivity contribution in [2.45, 2.75) is 57.7 Å². The Morgan fingerprint density at radius 1 is 1.24 bits per heavy atom. The number of nitrogens with one attached hydrogen (secondary N) is 1. The van der Waals surface area contributed by atoms with Crippen molar-refractivity contribution < 1.29 is 4.79 Å². The third-order valence-electron chi connectivity index (χ3n) is 3.00. The first-order chi connectivity index (χ1) is 7.97. The Morgan fingerprint density at radius 3 is 2.41 bits per heavy atom. The highest BCUT2D eigenvalue weighted by molar-refractivity contribution is 7.99. The van der Waals surface area contributed by atoms with Crippen LogP contribution < -0.4 is 11.1 Å². The van der Waals surface area contributed by atoms with Gasteiger partial charge in [0.25, 0.3) is 0 Å². The number of nitrogens with two attached hydrogens (primary N) is 1. The molecule has 102 valence electrons. The summed E-state index contributed by atoms with van der Waals surface area (Å²) in [6, 6.07) is 0.243. The number of amides is 1. The molecule has 0 bridgehead atoms. The van der Waals surface area contributed by atoms with Crippen molar-refractivity contribution in [2.75, 3.05) is 12.8 Å². The molecule has 3 atom stereocenters. The zero-order chi connectivity index (χ0) is 13.3. The van der Waals surface area contributed by atoms with Crippen LogP contribution in [0.3, 0.4) is 0 Å². The van der Waals surface area contributed by atoms with E-state index in [0.29, 0.717) is 5.25 Å². The zero-order valence-corrected chi connectivity index (χ0v) is 12.5. The maximum Gasteiger partial charge on any atom is 0.222 e. The summed E-state index contributed by atoms with van der Waals surface area (Å²) in [6.07, 6.45) is 6.11. The summed E-state index contributed by atoms with van der Waals surface area (Å²) in [5.74, 6) is 0.293. The van der Waals surface area contributed by atoms with Crippen LogP contribution in [0.15, 0.2) is 0 Å². The lowest BCUT2D eigenvalue weighted by Gasteiger charge is -2.14. The SMILES string of the molecule is CSC(C)CCNC(=O)C(C)CCCC(C)N. The van der Waals surface area contributed by atoms with E-state index in [1.54, 1.807) is 0 Å². The van der Waals surface area contributed by atoms with E-state index in [-0.39, 0.29) is 17.9 Å². The molecule has 0 aromatic heterocycles. The Hall–Kier alpha value is -0.220. The van der Waals surface area contributed by atoms with Gasteiger partial charge < -0.3 is 11.1 Å². The minimum absolute atomic E-state index is 0.110. The number of carbonyl (C=O) groups is 1. The molecule has 3 N–H and O–H groups in total. The van der Waals surface area contributed by atoms with E-state index in [9.17, 15) is 4.79 Å². The second-order valence-corrected chi connectivity index (χ2v) is 6.21. The van der Waals surface area contributed by atoms with Crippen LogP contribution in [0, 0.1) is 5.92 Å². The molecule has 0 spiro atoms. The minimum atomic E-state index is 0.110. The molecule has 3 unspecified atom stereocenters. The molecule has 0 aliphatic heterocycles. The fourth-order valence-corrected chi connectivity index (χ4v) is 1.92. The average molecular weight is 260 g/mol. The van der Waals surface area contributed by atoms with Gasteiger partial charge in [0.15, 0.2) is 0 Å². The van der Waals surface area contributed by atoms with E-state index in [4.69, 9.17) is 5.73 Å². The molecule has 4 heteroatoms. The Balaban J connectivity index is 3.60. The zero-order valence-electron chi connectivity index (χ0n) is 11.7. The summed E-state index contributed by atoms with van der Waals surface area (Å²) < 4.78 is 0. The molecule has 0 saturated carbocycles. The first kappa shape index (κ1) is 16.8. The van der Waals surface area contributed by atoms with Crippen LogP contribution in [0.2, 0.25) is 0 Å². The maximum atomic E-state index is 11.7. The number of hydrogen-bond donors (Lipinski definition) is 2. The molecule has 0 aliphatic carbocycles. The molecular weight excluding hydrogens is 232 g/mol. The summed E-state index contributed by atoms with van der Waals surface area (Å²) in [5, 5.41) is 3.62. The minimum Gasteiger partial charge on any atom is -0.356 e. The van der Waals surface area contributed by atoms with E-state index < -0.39 is 0 Å². The van der Waals surface area contributed by atoms with Crippen molar-refractivity contribution in [3.8, 4) is 0 Å². The standard InChI is InChI=1S/C13H28N2OS/c1-10(6-5-7-11(2)14)13(16)15-9-8-12(3)17-4/h10-12H,5-9,14H2,1-4H3,(H,15,16). The van der Waals surface area contributed by atoms with Crippen molar-refractivity contribution in [1.29, 1.82) is 0 Å². The van der Waals surface area contributed by atoms with Crippen LogP contribution in [0.25, 0.3) is 0 Å². The summed E-state index contributed by atoms with van der Waals surface area (Å²) in [4.78, 5) is 11.7. The van der Waals surface area contributed by atoms with Gasteiger partial charge in [-0.15, -0.1) is 0 Å². The monoisotopic (exact) mass is 260 g/mol. The quantitative estimate of drug-likeness (QED) is 0.669. The lowest BCUT2D eigenvalue weighted by Crippen LogP contribution is -2.31. The average Bonchev–Trinajstić information content (AvgIpc) is 2.27. The fourth-order valence-electron chi connectivity index (χ4n) is 1.57. The number of carbonyl (C=O) groups excluding carboxylic acids is 1. The van der Waals surface area contributed by atoms with Crippen molar-refractivity contribution in [3.63, 3.8) is 0 Å². The highest BCUT2D eigenvalue weighted by Gasteiger charge is 2.12. The number of thioether (sulfide) groups is 1. The molecule has 0 fully saturated rings. The van der Waals surface area contributed by atoms with Gasteiger partial charge in [0, 0.05) is 23.8 Å². The first-order valence-electron chi connectivity index (χ1n) is 6.53. The van der Waals surface area contributed by atoms with Gasteiger partial charge >= 0.3 is 0 Å². The fraction of sp³-hybridized carbons (Fsp3) is 0.923. The molecule has 0 aromatic carbocycles. The summed E-state index contributed by atoms with van der Waals surface area (Å²) in [6.45, 7) is 6.98. The van der Waals surface area contributed by atoms with Gasteiger partial charge in [-0.05, 0) is 32.4 Å². The highest BCUT2D eigenvalue weighted by atomic mass is 32.2. The number of hydrogen-bond acceptors (Lipinski definition) is 3. The lowest BCUT2D eigenvalue weighted by molar-refractivity contribution is -0.124. The lowest BCUT2D eigenvalue weighted by atomic mass is 10.0. The largest absolute Gasteiger partial charge is 0.356 e. The molecule has 0 heterocycles. The summed E-state index contributed by atoms with van der Waals surface area (Å²) >= 11 is 1.84. The summed E-state index contributed by atoms with van der Waals surface area (Å²) in [5.41, 5.74) is 5.68. The smallest absolute Gasteiger partial charge is 0.222 e. The molecule has 1 amide bonds. The third-order valence-corrected chi connectivity index (χ3v) is 4.04. The molecule has 0 radical (unpaired) electrons. The molecule has 17 heavy (non-hydrogen) atoms. The van der Waals surface area contributed by atoms with Crippen LogP contribution in [0.5, 0.6) is 0 Å². The van der Waals surface area contributed by atoms with E-state index >= 15 is 0 Å². The highest BCUT2D eigenvalue weighted by Crippen LogP contribution is 2.10. The van der Waals surface area contributed by atoms with Crippen LogP contribution in [-0.2, 0) is 4.79 Å². The van der Waals surface area contributed by atoms with E-state index in [1.165, 1.54) is 0 Å². The Labute approximate surface area is 110 Å². The molecular formula is C13H28N2OS. The molecule has 0 aromatic rings. The van der Waals surface area contributed by atoms with Crippen LogP contribution >= 0.6 is 11.8 Å². The Morgan fingerprint density at radius 2 is 1.88 bits per heavy atom. The maximum absolute atomic E-state index is 11.7. The van der Waals surface area contributed by atoms with Gasteiger partial charge in [0.1, 0.15) is 0 Å². The van der Waals surface area contributed by atoms with Gasteiger partial charge in [-0.1, -0.05) is 20.3 Å². The van der Waals surface area contributed by atoms with Gasteiger partial charge in [0.05, 0.1) is 0 Å². The van der Waals surface area contributed by atoms with Gasteiger partial charge in [0.2, 0.25) is 5.91 Å².